The van der Waals surface area contributed by atoms with E-state index in [1.165, 1.54) is 22.7 Å². The molecule has 0 bridgehead atoms. The Labute approximate surface area is 214 Å². The van der Waals surface area contributed by atoms with Gasteiger partial charge in [-0.25, -0.2) is 13.8 Å². The van der Waals surface area contributed by atoms with Crippen LogP contribution in [0.4, 0.5) is 8.78 Å². The number of pyridine rings is 1. The summed E-state index contributed by atoms with van der Waals surface area (Å²) < 4.78 is 44.7. The van der Waals surface area contributed by atoms with Crippen LogP contribution in [0.5, 0.6) is 0 Å². The van der Waals surface area contributed by atoms with Crippen LogP contribution in [0, 0.1) is 18.6 Å². The Morgan fingerprint density at radius 1 is 1.19 bits per heavy atom. The summed E-state index contributed by atoms with van der Waals surface area (Å²) in [5.41, 5.74) is 1.51. The van der Waals surface area contributed by atoms with E-state index in [1.54, 1.807) is 37.0 Å². The lowest BCUT2D eigenvalue weighted by Crippen LogP contribution is -2.44. The molecule has 2 aliphatic rings. The summed E-state index contributed by atoms with van der Waals surface area (Å²) in [4.78, 5) is 17.3. The molecule has 0 unspecified atom stereocenters. The standard InChI is InChI=1S/C25H22ClF2N5O4/c1-11-14(8-32(2)31-11)12-4-3-5-15(27)18(12)20-23(26)33-7-6-13(19(28)24(33)30-20)25(35)29-16-9-36-22-17(34)10-37-21(16)22/h3-8,16-17,21-22,34H,9-10H2,1-2H3,(H,29,35)/t16-,17-,21-,22-/m1/s1. The molecule has 2 fully saturated rings. The molecule has 3 aromatic heterocycles. The summed E-state index contributed by atoms with van der Waals surface area (Å²) in [7, 11) is 1.76. The quantitative estimate of drug-likeness (QED) is 0.421. The monoisotopic (exact) mass is 529 g/mol. The Morgan fingerprint density at radius 3 is 2.73 bits per heavy atom. The van der Waals surface area contributed by atoms with Gasteiger partial charge in [-0.3, -0.25) is 13.9 Å². The van der Waals surface area contributed by atoms with Crippen molar-refractivity contribution in [3.05, 3.63) is 64.7 Å². The van der Waals surface area contributed by atoms with Crippen molar-refractivity contribution in [2.45, 2.75) is 31.3 Å². The largest absolute Gasteiger partial charge is 0.388 e. The van der Waals surface area contributed by atoms with E-state index in [0.717, 1.165) is 0 Å². The van der Waals surface area contributed by atoms with E-state index in [4.69, 9.17) is 21.1 Å². The zero-order chi connectivity index (χ0) is 26.0. The fourth-order valence-electron chi connectivity index (χ4n) is 5.08. The molecule has 192 valence electrons. The van der Waals surface area contributed by atoms with Crippen molar-refractivity contribution in [1.82, 2.24) is 24.5 Å². The number of benzene rings is 1. The number of nitrogens with zero attached hydrogens (tertiary/aromatic N) is 4. The second-order valence-corrected chi connectivity index (χ2v) is 9.55. The maximum atomic E-state index is 15.6. The molecule has 2 aliphatic heterocycles. The van der Waals surface area contributed by atoms with Gasteiger partial charge in [-0.2, -0.15) is 5.10 Å². The van der Waals surface area contributed by atoms with Crippen LogP contribution in [0.3, 0.4) is 0 Å². The summed E-state index contributed by atoms with van der Waals surface area (Å²) in [6.45, 7) is 2.04. The normalized spacial score (nSPS) is 23.1. The maximum absolute atomic E-state index is 15.6. The van der Waals surface area contributed by atoms with Crippen molar-refractivity contribution in [3.8, 4) is 22.4 Å². The zero-order valence-electron chi connectivity index (χ0n) is 19.8. The number of ether oxygens (including phenoxy) is 2. The fourth-order valence-corrected chi connectivity index (χ4v) is 5.36. The van der Waals surface area contributed by atoms with Crippen molar-refractivity contribution in [1.29, 1.82) is 0 Å². The zero-order valence-corrected chi connectivity index (χ0v) is 20.5. The first-order valence-corrected chi connectivity index (χ1v) is 12.0. The number of hydrogen-bond donors (Lipinski definition) is 2. The highest BCUT2D eigenvalue weighted by atomic mass is 35.5. The Bertz CT molecular complexity index is 1550. The summed E-state index contributed by atoms with van der Waals surface area (Å²) in [6, 6.07) is 5.29. The number of halogens is 3. The van der Waals surface area contributed by atoms with Crippen LogP contribution >= 0.6 is 11.6 Å². The number of aliphatic hydroxyl groups is 1. The molecule has 0 radical (unpaired) electrons. The van der Waals surface area contributed by atoms with E-state index in [0.29, 0.717) is 16.8 Å². The second kappa shape index (κ2) is 8.88. The molecule has 9 nitrogen and oxygen atoms in total. The minimum Gasteiger partial charge on any atom is -0.388 e. The lowest BCUT2D eigenvalue weighted by molar-refractivity contribution is 0.0178. The third-order valence-electron chi connectivity index (χ3n) is 6.82. The number of amides is 1. The Balaban J connectivity index is 1.39. The van der Waals surface area contributed by atoms with Gasteiger partial charge in [-0.15, -0.1) is 0 Å². The summed E-state index contributed by atoms with van der Waals surface area (Å²) >= 11 is 6.57. The number of imidazole rings is 1. The third-order valence-corrected chi connectivity index (χ3v) is 7.18. The number of aromatic nitrogens is 4. The molecular weight excluding hydrogens is 508 g/mol. The molecule has 6 rings (SSSR count). The Kier molecular flexibility index (Phi) is 5.75. The van der Waals surface area contributed by atoms with Crippen LogP contribution in [0.25, 0.3) is 28.0 Å². The first-order chi connectivity index (χ1) is 17.7. The first kappa shape index (κ1) is 24.0. The topological polar surface area (TPSA) is 103 Å². The average Bonchev–Trinajstić information content (AvgIpc) is 3.60. The minimum absolute atomic E-state index is 0.00544. The van der Waals surface area contributed by atoms with Gasteiger partial charge in [0.05, 0.1) is 30.5 Å². The second-order valence-electron chi connectivity index (χ2n) is 9.20. The predicted octanol–water partition coefficient (Wildman–Crippen LogP) is 2.90. The summed E-state index contributed by atoms with van der Waals surface area (Å²) in [5.74, 6) is -2.19. The van der Waals surface area contributed by atoms with Gasteiger partial charge in [0.25, 0.3) is 5.91 Å². The molecule has 4 aromatic rings. The van der Waals surface area contributed by atoms with Gasteiger partial charge in [0.1, 0.15) is 35.0 Å². The number of fused-ring (bicyclic) bond motifs is 2. The fraction of sp³-hybridized carbons (Fsp3) is 0.320. The number of carbonyl (C=O) groups excluding carboxylic acids is 1. The summed E-state index contributed by atoms with van der Waals surface area (Å²) in [5, 5.41) is 16.9. The number of hydrogen-bond acceptors (Lipinski definition) is 6. The van der Waals surface area contributed by atoms with Crippen LogP contribution in [-0.4, -0.2) is 67.7 Å². The molecule has 0 aliphatic carbocycles. The van der Waals surface area contributed by atoms with Crippen molar-refractivity contribution < 1.29 is 28.2 Å². The highest BCUT2D eigenvalue weighted by Crippen LogP contribution is 2.39. The lowest BCUT2D eigenvalue weighted by atomic mass is 9.98. The lowest BCUT2D eigenvalue weighted by Gasteiger charge is -2.17. The molecule has 1 aromatic carbocycles. The van der Waals surface area contributed by atoms with E-state index in [1.807, 2.05) is 0 Å². The molecule has 5 heterocycles. The molecule has 1 amide bonds. The van der Waals surface area contributed by atoms with Crippen LogP contribution in [0.1, 0.15) is 16.1 Å². The van der Waals surface area contributed by atoms with E-state index >= 15 is 8.78 Å². The number of carbonyl (C=O) groups is 1. The summed E-state index contributed by atoms with van der Waals surface area (Å²) in [6.07, 6.45) is 1.33. The van der Waals surface area contributed by atoms with Crippen LogP contribution in [-0.2, 0) is 16.5 Å². The Hall–Kier alpha value is -3.38. The third kappa shape index (κ3) is 3.81. The number of aryl methyl sites for hydroxylation is 2. The van der Waals surface area contributed by atoms with Crippen LogP contribution in [0.15, 0.2) is 36.7 Å². The number of nitrogens with one attached hydrogen (secondary N) is 1. The molecule has 4 atom stereocenters. The average molecular weight is 530 g/mol. The first-order valence-electron chi connectivity index (χ1n) is 11.6. The van der Waals surface area contributed by atoms with E-state index in [-0.39, 0.29) is 40.8 Å². The van der Waals surface area contributed by atoms with Crippen LogP contribution in [0.2, 0.25) is 5.15 Å². The van der Waals surface area contributed by atoms with Gasteiger partial charge in [0.15, 0.2) is 11.5 Å². The molecule has 0 saturated carbocycles. The number of aliphatic hydroxyl groups excluding tert-OH is 1. The van der Waals surface area contributed by atoms with Gasteiger partial charge >= 0.3 is 0 Å². The van der Waals surface area contributed by atoms with Gasteiger partial charge in [-0.1, -0.05) is 23.7 Å². The SMILES string of the molecule is Cc1nn(C)cc1-c1cccc(F)c1-c1nc2c(F)c(C(=O)N[C@@H]3CO[C@H]4[C@@H]3OC[C@H]4O)ccn2c1Cl. The predicted molar refractivity (Wildman–Crippen MR) is 129 cm³/mol. The van der Waals surface area contributed by atoms with E-state index in [2.05, 4.69) is 15.4 Å². The van der Waals surface area contributed by atoms with Crippen LogP contribution < -0.4 is 5.32 Å². The van der Waals surface area contributed by atoms with Crippen molar-refractivity contribution >= 4 is 23.2 Å². The number of rotatable bonds is 4. The van der Waals surface area contributed by atoms with Crippen molar-refractivity contribution in [3.63, 3.8) is 0 Å². The maximum Gasteiger partial charge on any atom is 0.254 e. The smallest absolute Gasteiger partial charge is 0.254 e. The van der Waals surface area contributed by atoms with Gasteiger partial charge in [0, 0.05) is 30.6 Å². The molecule has 12 heteroatoms. The Morgan fingerprint density at radius 2 is 1.97 bits per heavy atom. The van der Waals surface area contributed by atoms with E-state index < -0.39 is 41.9 Å². The molecule has 2 saturated heterocycles. The molecule has 0 spiro atoms. The van der Waals surface area contributed by atoms with Gasteiger partial charge in [0.2, 0.25) is 0 Å². The van der Waals surface area contributed by atoms with E-state index in [9.17, 15) is 9.90 Å². The molecule has 37 heavy (non-hydrogen) atoms. The highest BCUT2D eigenvalue weighted by molar-refractivity contribution is 6.32. The highest BCUT2D eigenvalue weighted by Gasteiger charge is 2.47. The van der Waals surface area contributed by atoms with Crippen molar-refractivity contribution in [2.75, 3.05) is 13.2 Å². The van der Waals surface area contributed by atoms with Crippen molar-refractivity contribution in [2.24, 2.45) is 7.05 Å². The molecule has 2 N–H and O–H groups in total. The minimum atomic E-state index is -0.911. The molecular formula is C25H22ClF2N5O4. The van der Waals surface area contributed by atoms with Gasteiger partial charge in [-0.05, 0) is 24.6 Å². The van der Waals surface area contributed by atoms with Gasteiger partial charge < -0.3 is 19.9 Å².